The number of rotatable bonds is 6. The van der Waals surface area contributed by atoms with Crippen LogP contribution in [-0.2, 0) is 11.2 Å². The van der Waals surface area contributed by atoms with Gasteiger partial charge in [-0.2, -0.15) is 0 Å². The minimum atomic E-state index is -0.531. The van der Waals surface area contributed by atoms with E-state index < -0.39 is 16.8 Å². The van der Waals surface area contributed by atoms with E-state index in [2.05, 4.69) is 5.32 Å². The fourth-order valence-electron chi connectivity index (χ4n) is 2.19. The number of esters is 1. The van der Waals surface area contributed by atoms with E-state index in [0.717, 1.165) is 4.88 Å². The quantitative estimate of drug-likeness (QED) is 0.476. The molecule has 0 aliphatic heterocycles. The minimum Gasteiger partial charge on any atom is -0.462 e. The zero-order valence-corrected chi connectivity index (χ0v) is 14.9. The number of nitrogens with zero attached hydrogens (tertiary/aromatic N) is 1. The first-order chi connectivity index (χ1) is 11.9. The number of nitrogens with one attached hydrogen (secondary N) is 1. The zero-order valence-electron chi connectivity index (χ0n) is 14.1. The number of nitro groups is 1. The van der Waals surface area contributed by atoms with Gasteiger partial charge >= 0.3 is 5.97 Å². The van der Waals surface area contributed by atoms with E-state index in [-0.39, 0.29) is 17.9 Å². The molecule has 1 N–H and O–H groups in total. The number of benzene rings is 1. The second-order valence-corrected chi connectivity index (χ2v) is 6.38. The molecule has 8 heteroatoms. The molecular formula is C17H18N2O5S. The van der Waals surface area contributed by atoms with Crippen molar-refractivity contribution in [3.05, 3.63) is 55.9 Å². The molecule has 0 atom stereocenters. The summed E-state index contributed by atoms with van der Waals surface area (Å²) in [5.41, 5.74) is 0.786. The Balaban J connectivity index is 2.31. The van der Waals surface area contributed by atoms with Crippen molar-refractivity contribution in [2.24, 2.45) is 0 Å². The van der Waals surface area contributed by atoms with E-state index in [1.54, 1.807) is 19.9 Å². The van der Waals surface area contributed by atoms with Crippen LogP contribution in [0.2, 0.25) is 0 Å². The van der Waals surface area contributed by atoms with Crippen molar-refractivity contribution in [3.8, 4) is 0 Å². The van der Waals surface area contributed by atoms with E-state index >= 15 is 0 Å². The van der Waals surface area contributed by atoms with Crippen LogP contribution in [-0.4, -0.2) is 23.4 Å². The van der Waals surface area contributed by atoms with Gasteiger partial charge in [0.1, 0.15) is 5.00 Å². The highest BCUT2D eigenvalue weighted by Gasteiger charge is 2.20. The molecule has 7 nitrogen and oxygen atoms in total. The Morgan fingerprint density at radius 3 is 2.60 bits per heavy atom. The van der Waals surface area contributed by atoms with E-state index in [1.807, 2.05) is 6.92 Å². The Morgan fingerprint density at radius 1 is 1.28 bits per heavy atom. The molecule has 0 spiro atoms. The van der Waals surface area contributed by atoms with Gasteiger partial charge in [-0.3, -0.25) is 14.9 Å². The molecule has 0 radical (unpaired) electrons. The number of amides is 1. The number of hydrogen-bond donors (Lipinski definition) is 1. The summed E-state index contributed by atoms with van der Waals surface area (Å²) < 4.78 is 5.01. The molecule has 0 aliphatic carbocycles. The first-order valence-corrected chi connectivity index (χ1v) is 8.55. The maximum absolute atomic E-state index is 12.5. The lowest BCUT2D eigenvalue weighted by atomic mass is 10.1. The Kier molecular flexibility index (Phi) is 5.87. The van der Waals surface area contributed by atoms with Gasteiger partial charge in [-0.25, -0.2) is 4.79 Å². The predicted molar refractivity (Wildman–Crippen MR) is 95.4 cm³/mol. The second kappa shape index (κ2) is 7.89. The average molecular weight is 362 g/mol. The lowest BCUT2D eigenvalue weighted by Crippen LogP contribution is -2.14. The number of thiophene rings is 1. The van der Waals surface area contributed by atoms with Crippen molar-refractivity contribution in [2.75, 3.05) is 11.9 Å². The van der Waals surface area contributed by atoms with Crippen molar-refractivity contribution < 1.29 is 19.2 Å². The predicted octanol–water partition coefficient (Wildman–Crippen LogP) is 3.96. The smallest absolute Gasteiger partial charge is 0.341 e. The molecule has 1 heterocycles. The topological polar surface area (TPSA) is 98.5 Å². The normalized spacial score (nSPS) is 10.4. The van der Waals surface area contributed by atoms with Crippen LogP contribution in [0.1, 0.15) is 45.0 Å². The van der Waals surface area contributed by atoms with Gasteiger partial charge in [0.25, 0.3) is 11.6 Å². The molecule has 1 amide bonds. The molecule has 0 saturated heterocycles. The molecule has 25 heavy (non-hydrogen) atoms. The Bertz CT molecular complexity index is 828. The monoisotopic (exact) mass is 362 g/mol. The summed E-state index contributed by atoms with van der Waals surface area (Å²) in [6.07, 6.45) is 0.711. The van der Waals surface area contributed by atoms with Gasteiger partial charge in [0.15, 0.2) is 0 Å². The van der Waals surface area contributed by atoms with Crippen LogP contribution in [0.15, 0.2) is 24.3 Å². The van der Waals surface area contributed by atoms with Crippen LogP contribution in [0.5, 0.6) is 0 Å². The maximum atomic E-state index is 12.5. The van der Waals surface area contributed by atoms with Crippen molar-refractivity contribution >= 4 is 33.9 Å². The summed E-state index contributed by atoms with van der Waals surface area (Å²) in [7, 11) is 0. The molecule has 0 unspecified atom stereocenters. The van der Waals surface area contributed by atoms with Crippen molar-refractivity contribution in [1.29, 1.82) is 0 Å². The van der Waals surface area contributed by atoms with Gasteiger partial charge in [0.2, 0.25) is 0 Å². The number of nitro benzene ring substituents is 1. The van der Waals surface area contributed by atoms with Crippen molar-refractivity contribution in [1.82, 2.24) is 0 Å². The fraction of sp³-hybridized carbons (Fsp3) is 0.294. The van der Waals surface area contributed by atoms with Crippen LogP contribution >= 0.6 is 11.3 Å². The number of hydrogen-bond acceptors (Lipinski definition) is 6. The first kappa shape index (κ1) is 18.6. The van der Waals surface area contributed by atoms with Crippen LogP contribution in [0.25, 0.3) is 0 Å². The van der Waals surface area contributed by atoms with Gasteiger partial charge in [-0.05, 0) is 32.4 Å². The number of carbonyl (C=O) groups excluding carboxylic acids is 2. The highest BCUT2D eigenvalue weighted by atomic mass is 32.1. The summed E-state index contributed by atoms with van der Waals surface area (Å²) in [6.45, 7) is 5.48. The second-order valence-electron chi connectivity index (χ2n) is 5.24. The molecule has 2 rings (SSSR count). The van der Waals surface area contributed by atoms with Crippen LogP contribution < -0.4 is 5.32 Å². The number of aryl methyl sites for hydroxylation is 2. The minimum absolute atomic E-state index is 0.126. The molecule has 1 aromatic heterocycles. The highest BCUT2D eigenvalue weighted by Crippen LogP contribution is 2.30. The summed E-state index contributed by atoms with van der Waals surface area (Å²) in [6, 6.07) is 5.94. The van der Waals surface area contributed by atoms with Crippen molar-refractivity contribution in [2.45, 2.75) is 27.2 Å². The van der Waals surface area contributed by atoms with Crippen LogP contribution in [0.3, 0.4) is 0 Å². The molecule has 0 saturated carbocycles. The molecule has 2 aromatic rings. The molecule has 132 valence electrons. The SMILES string of the molecule is CCOC(=O)c1cc(CC)sc1NC(=O)c1ccc(C)c([N+](=O)[O-])c1. The van der Waals surface area contributed by atoms with Gasteiger partial charge in [-0.1, -0.05) is 13.0 Å². The molecule has 0 aliphatic rings. The van der Waals surface area contributed by atoms with Crippen LogP contribution in [0.4, 0.5) is 10.7 Å². The average Bonchev–Trinajstić information content (AvgIpc) is 2.98. The largest absolute Gasteiger partial charge is 0.462 e. The third-order valence-corrected chi connectivity index (χ3v) is 4.72. The maximum Gasteiger partial charge on any atom is 0.341 e. The van der Waals surface area contributed by atoms with Crippen LogP contribution in [0, 0.1) is 17.0 Å². The van der Waals surface area contributed by atoms with E-state index in [4.69, 9.17) is 4.74 Å². The third kappa shape index (κ3) is 4.21. The van der Waals surface area contributed by atoms with Gasteiger partial charge in [0, 0.05) is 22.1 Å². The number of ether oxygens (including phenoxy) is 1. The van der Waals surface area contributed by atoms with Crippen molar-refractivity contribution in [3.63, 3.8) is 0 Å². The van der Waals surface area contributed by atoms with Gasteiger partial charge < -0.3 is 10.1 Å². The van der Waals surface area contributed by atoms with Gasteiger partial charge in [0.05, 0.1) is 17.1 Å². The summed E-state index contributed by atoms with van der Waals surface area (Å²) >= 11 is 1.28. The standard InChI is InChI=1S/C17H18N2O5S/c1-4-12-9-13(17(21)24-5-2)16(25-12)18-15(20)11-7-6-10(3)14(8-11)19(22)23/h6-9H,4-5H2,1-3H3,(H,18,20). The Labute approximate surface area is 148 Å². The Morgan fingerprint density at radius 2 is 2.00 bits per heavy atom. The highest BCUT2D eigenvalue weighted by molar-refractivity contribution is 7.16. The van der Waals surface area contributed by atoms with Gasteiger partial charge in [-0.15, -0.1) is 11.3 Å². The molecule has 0 bridgehead atoms. The summed E-state index contributed by atoms with van der Waals surface area (Å²) in [5, 5.41) is 14.1. The lowest BCUT2D eigenvalue weighted by molar-refractivity contribution is -0.385. The fourth-order valence-corrected chi connectivity index (χ4v) is 3.17. The van der Waals surface area contributed by atoms with E-state index in [1.165, 1.54) is 29.5 Å². The summed E-state index contributed by atoms with van der Waals surface area (Å²) in [5.74, 6) is -1.03. The first-order valence-electron chi connectivity index (χ1n) is 7.73. The number of anilines is 1. The molecular weight excluding hydrogens is 344 g/mol. The van der Waals surface area contributed by atoms with E-state index in [0.29, 0.717) is 22.5 Å². The third-order valence-electron chi connectivity index (χ3n) is 3.52. The molecule has 1 aromatic carbocycles. The summed E-state index contributed by atoms with van der Waals surface area (Å²) in [4.78, 5) is 35.9. The van der Waals surface area contributed by atoms with E-state index in [9.17, 15) is 19.7 Å². The zero-order chi connectivity index (χ0) is 18.6. The lowest BCUT2D eigenvalue weighted by Gasteiger charge is -2.07. The molecule has 0 fully saturated rings. The number of carbonyl (C=O) groups is 2. The Hall–Kier alpha value is -2.74.